The maximum absolute atomic E-state index is 11.6. The van der Waals surface area contributed by atoms with Gasteiger partial charge in [0.1, 0.15) is 0 Å². The summed E-state index contributed by atoms with van der Waals surface area (Å²) in [6.07, 6.45) is 3.67. The minimum Gasteiger partial charge on any atom is -0.371 e. The molecule has 94 valence electrons. The van der Waals surface area contributed by atoms with E-state index in [1.165, 1.54) is 19.3 Å². The van der Waals surface area contributed by atoms with E-state index in [-0.39, 0.29) is 0 Å². The molecular formula is C13H13BrN2O2. The summed E-state index contributed by atoms with van der Waals surface area (Å²) in [5.74, 6) is -0.996. The number of anilines is 2. The van der Waals surface area contributed by atoms with Crippen molar-refractivity contribution in [3.8, 4) is 0 Å². The monoisotopic (exact) mass is 308 g/mol. The first kappa shape index (κ1) is 11.7. The van der Waals surface area contributed by atoms with E-state index in [2.05, 4.69) is 33.2 Å². The lowest BCUT2D eigenvalue weighted by atomic mass is 9.91. The van der Waals surface area contributed by atoms with Crippen molar-refractivity contribution in [2.45, 2.75) is 25.3 Å². The first-order chi connectivity index (χ1) is 8.58. The van der Waals surface area contributed by atoms with E-state index < -0.39 is 11.7 Å². The van der Waals surface area contributed by atoms with Gasteiger partial charge in [0, 0.05) is 17.6 Å². The summed E-state index contributed by atoms with van der Waals surface area (Å²) in [5.41, 5.74) is 2.10. The number of hydrogen-bond acceptors (Lipinski definition) is 3. The van der Waals surface area contributed by atoms with E-state index in [0.29, 0.717) is 17.3 Å². The van der Waals surface area contributed by atoms with Crippen molar-refractivity contribution >= 4 is 39.0 Å². The molecule has 5 heteroatoms. The standard InChI is InChI=1S/C13H13BrN2O2/c1-16(7-3-2-4-7)11-6-10-8(5-9(11)14)12(17)13(18)15-10/h5-7H,2-4H2,1H3,(H,15,17,18). The Labute approximate surface area is 113 Å². The average Bonchev–Trinajstić information content (AvgIpc) is 2.52. The van der Waals surface area contributed by atoms with E-state index in [1.54, 1.807) is 6.07 Å². The quantitative estimate of drug-likeness (QED) is 0.854. The van der Waals surface area contributed by atoms with E-state index in [1.807, 2.05) is 6.07 Å². The number of Topliss-reactive ketones (excluding diaryl/α,β-unsaturated/α-hetero) is 1. The number of hydrogen-bond donors (Lipinski definition) is 1. The van der Waals surface area contributed by atoms with Crippen molar-refractivity contribution in [3.63, 3.8) is 0 Å². The van der Waals surface area contributed by atoms with Gasteiger partial charge in [0.2, 0.25) is 0 Å². The van der Waals surface area contributed by atoms with Crippen LogP contribution in [0.1, 0.15) is 29.6 Å². The van der Waals surface area contributed by atoms with E-state index >= 15 is 0 Å². The molecule has 18 heavy (non-hydrogen) atoms. The fourth-order valence-electron chi connectivity index (χ4n) is 2.40. The molecule has 1 aromatic carbocycles. The molecule has 0 atom stereocenters. The maximum atomic E-state index is 11.6. The summed E-state index contributed by atoms with van der Waals surface area (Å²) in [7, 11) is 2.05. The van der Waals surface area contributed by atoms with Gasteiger partial charge in [-0.3, -0.25) is 9.59 Å². The number of nitrogens with one attached hydrogen (secondary N) is 1. The molecule has 0 spiro atoms. The molecule has 1 fully saturated rings. The normalized spacial score (nSPS) is 18.3. The van der Waals surface area contributed by atoms with Gasteiger partial charge in [0.15, 0.2) is 0 Å². The number of benzene rings is 1. The van der Waals surface area contributed by atoms with Gasteiger partial charge in [-0.1, -0.05) is 0 Å². The minimum absolute atomic E-state index is 0.455. The first-order valence-electron chi connectivity index (χ1n) is 6.00. The van der Waals surface area contributed by atoms with Crippen molar-refractivity contribution < 1.29 is 9.59 Å². The van der Waals surface area contributed by atoms with Gasteiger partial charge in [-0.25, -0.2) is 0 Å². The molecule has 1 heterocycles. The molecule has 1 aromatic rings. The van der Waals surface area contributed by atoms with Crippen LogP contribution in [0.3, 0.4) is 0 Å². The van der Waals surface area contributed by atoms with Gasteiger partial charge < -0.3 is 10.2 Å². The van der Waals surface area contributed by atoms with Gasteiger partial charge in [0.05, 0.1) is 16.9 Å². The zero-order valence-corrected chi connectivity index (χ0v) is 11.6. The van der Waals surface area contributed by atoms with Gasteiger partial charge in [-0.15, -0.1) is 0 Å². The second-order valence-electron chi connectivity index (χ2n) is 4.83. The van der Waals surface area contributed by atoms with Gasteiger partial charge in [-0.05, 0) is 47.3 Å². The number of fused-ring (bicyclic) bond motifs is 1. The Bertz CT molecular complexity index is 552. The van der Waals surface area contributed by atoms with Crippen molar-refractivity contribution in [2.75, 3.05) is 17.3 Å². The molecule has 0 unspecified atom stereocenters. The molecule has 1 N–H and O–H groups in total. The molecular weight excluding hydrogens is 296 g/mol. The van der Waals surface area contributed by atoms with Crippen LogP contribution < -0.4 is 10.2 Å². The Hall–Kier alpha value is -1.36. The first-order valence-corrected chi connectivity index (χ1v) is 6.79. The van der Waals surface area contributed by atoms with Gasteiger partial charge in [0.25, 0.3) is 11.7 Å². The number of carbonyl (C=O) groups is 2. The van der Waals surface area contributed by atoms with E-state index in [9.17, 15) is 9.59 Å². The Morgan fingerprint density at radius 1 is 1.33 bits per heavy atom. The minimum atomic E-state index is -0.541. The van der Waals surface area contributed by atoms with Crippen molar-refractivity contribution in [3.05, 3.63) is 22.2 Å². The average molecular weight is 309 g/mol. The lowest BCUT2D eigenvalue weighted by molar-refractivity contribution is -0.112. The number of rotatable bonds is 2. The third-order valence-electron chi connectivity index (χ3n) is 3.79. The molecule has 1 saturated carbocycles. The Kier molecular flexibility index (Phi) is 2.66. The summed E-state index contributed by atoms with van der Waals surface area (Å²) in [6, 6.07) is 4.17. The van der Waals surface area contributed by atoms with E-state index in [4.69, 9.17) is 0 Å². The van der Waals surface area contributed by atoms with Crippen LogP contribution >= 0.6 is 15.9 Å². The largest absolute Gasteiger partial charge is 0.371 e. The van der Waals surface area contributed by atoms with Crippen molar-refractivity contribution in [1.82, 2.24) is 0 Å². The van der Waals surface area contributed by atoms with Crippen molar-refractivity contribution in [1.29, 1.82) is 0 Å². The van der Waals surface area contributed by atoms with Crippen LogP contribution in [0.5, 0.6) is 0 Å². The van der Waals surface area contributed by atoms with Crippen LogP contribution in [-0.2, 0) is 4.79 Å². The lowest BCUT2D eigenvalue weighted by Gasteiger charge is -2.37. The van der Waals surface area contributed by atoms with Crippen LogP contribution in [0.25, 0.3) is 0 Å². The molecule has 1 aliphatic carbocycles. The number of amides is 1. The molecule has 0 radical (unpaired) electrons. The predicted octanol–water partition coefficient (Wildman–Crippen LogP) is 2.57. The highest BCUT2D eigenvalue weighted by Gasteiger charge is 2.31. The zero-order chi connectivity index (χ0) is 12.9. The topological polar surface area (TPSA) is 49.4 Å². The molecule has 1 amide bonds. The fraction of sp³-hybridized carbons (Fsp3) is 0.385. The third-order valence-corrected chi connectivity index (χ3v) is 4.42. The van der Waals surface area contributed by atoms with E-state index in [0.717, 1.165) is 10.2 Å². The van der Waals surface area contributed by atoms with Crippen LogP contribution in [0.2, 0.25) is 0 Å². The van der Waals surface area contributed by atoms with Gasteiger partial charge in [-0.2, -0.15) is 0 Å². The Balaban J connectivity index is 2.00. The number of ketones is 1. The predicted molar refractivity (Wildman–Crippen MR) is 73.1 cm³/mol. The molecule has 4 nitrogen and oxygen atoms in total. The molecule has 2 aliphatic rings. The summed E-state index contributed by atoms with van der Waals surface area (Å²) in [4.78, 5) is 25.1. The molecule has 1 aliphatic heterocycles. The molecule has 3 rings (SSSR count). The maximum Gasteiger partial charge on any atom is 0.296 e. The molecule has 0 aromatic heterocycles. The van der Waals surface area contributed by atoms with Crippen LogP contribution in [-0.4, -0.2) is 24.8 Å². The number of carbonyl (C=O) groups excluding carboxylic acids is 2. The van der Waals surface area contributed by atoms with Gasteiger partial charge >= 0.3 is 0 Å². The smallest absolute Gasteiger partial charge is 0.296 e. The second-order valence-corrected chi connectivity index (χ2v) is 5.68. The fourth-order valence-corrected chi connectivity index (χ4v) is 3.02. The summed E-state index contributed by atoms with van der Waals surface area (Å²) < 4.78 is 0.862. The third kappa shape index (κ3) is 1.65. The Morgan fingerprint density at radius 2 is 2.06 bits per heavy atom. The molecule has 0 saturated heterocycles. The lowest BCUT2D eigenvalue weighted by Crippen LogP contribution is -2.37. The highest BCUT2D eigenvalue weighted by Crippen LogP contribution is 2.38. The van der Waals surface area contributed by atoms with Crippen molar-refractivity contribution in [2.24, 2.45) is 0 Å². The highest BCUT2D eigenvalue weighted by atomic mass is 79.9. The summed E-state index contributed by atoms with van der Waals surface area (Å²) >= 11 is 3.49. The number of nitrogens with zero attached hydrogens (tertiary/aromatic N) is 1. The zero-order valence-electron chi connectivity index (χ0n) is 10.00. The Morgan fingerprint density at radius 3 is 2.67 bits per heavy atom. The second kappa shape index (κ2) is 4.09. The SMILES string of the molecule is CN(c1cc2c(cc1Br)C(=O)C(=O)N2)C1CCC1. The summed E-state index contributed by atoms with van der Waals surface area (Å²) in [5, 5.41) is 2.61. The van der Waals surface area contributed by atoms with Crippen LogP contribution in [0, 0.1) is 0 Å². The van der Waals surface area contributed by atoms with Crippen LogP contribution in [0.4, 0.5) is 11.4 Å². The summed E-state index contributed by atoms with van der Waals surface area (Å²) in [6.45, 7) is 0. The molecule has 0 bridgehead atoms. The number of halogens is 1. The highest BCUT2D eigenvalue weighted by molar-refractivity contribution is 9.10. The van der Waals surface area contributed by atoms with Crippen LogP contribution in [0.15, 0.2) is 16.6 Å².